The van der Waals surface area contributed by atoms with Crippen LogP contribution in [0.4, 0.5) is 16.2 Å². The van der Waals surface area contributed by atoms with Crippen LogP contribution in [0.25, 0.3) is 10.8 Å². The van der Waals surface area contributed by atoms with E-state index in [-0.39, 0.29) is 66.5 Å². The predicted octanol–water partition coefficient (Wildman–Crippen LogP) is 7.62. The zero-order valence-electron chi connectivity index (χ0n) is 31.2. The smallest absolute Gasteiger partial charge is 0.416 e. The summed E-state index contributed by atoms with van der Waals surface area (Å²) in [7, 11) is 1.48. The molecule has 8 rings (SSSR count). The molecule has 4 aromatic carbocycles. The minimum absolute atomic E-state index is 0.0577. The van der Waals surface area contributed by atoms with E-state index in [2.05, 4.69) is 6.58 Å². The highest BCUT2D eigenvalue weighted by Gasteiger charge is 2.48. The van der Waals surface area contributed by atoms with Crippen LogP contribution < -0.4 is 19.3 Å². The van der Waals surface area contributed by atoms with Crippen molar-refractivity contribution in [3.63, 3.8) is 0 Å². The summed E-state index contributed by atoms with van der Waals surface area (Å²) in [6.45, 7) is 4.90. The van der Waals surface area contributed by atoms with Gasteiger partial charge in [-0.3, -0.25) is 9.59 Å². The van der Waals surface area contributed by atoms with Crippen LogP contribution in [0.5, 0.6) is 17.2 Å². The van der Waals surface area contributed by atoms with Crippen LogP contribution in [-0.4, -0.2) is 79.9 Å². The number of phenols is 1. The van der Waals surface area contributed by atoms with Crippen molar-refractivity contribution >= 4 is 51.7 Å². The number of nitrogens with zero attached hydrogens (tertiary/aromatic N) is 3. The summed E-state index contributed by atoms with van der Waals surface area (Å²) in [5.74, 6) is 0.183. The zero-order chi connectivity index (χ0) is 38.9. The molecule has 0 aromatic heterocycles. The molecule has 4 aliphatic heterocycles. The molecule has 12 nitrogen and oxygen atoms in total. The molecule has 4 aromatic rings. The van der Waals surface area contributed by atoms with Gasteiger partial charge in [-0.2, -0.15) is 0 Å². The molecular formula is C43H44ClN3O9. The Labute approximate surface area is 330 Å². The summed E-state index contributed by atoms with van der Waals surface area (Å²) >= 11 is 6.76. The van der Waals surface area contributed by atoms with Crippen molar-refractivity contribution in [3.8, 4) is 17.2 Å². The molecule has 4 heterocycles. The number of hydrogen-bond donors (Lipinski definition) is 1. The number of methoxy groups -OCH3 is 1. The van der Waals surface area contributed by atoms with E-state index in [9.17, 15) is 19.5 Å². The Bertz CT molecular complexity index is 2170. The molecule has 2 unspecified atom stereocenters. The number of benzene rings is 4. The van der Waals surface area contributed by atoms with Gasteiger partial charge in [0.05, 0.1) is 42.1 Å². The molecule has 13 heteroatoms. The first-order chi connectivity index (χ1) is 27.3. The highest BCUT2D eigenvalue weighted by atomic mass is 35.5. The largest absolute Gasteiger partial charge is 0.507 e. The van der Waals surface area contributed by atoms with Gasteiger partial charge in [-0.15, -0.1) is 11.6 Å². The molecule has 0 saturated carbocycles. The molecule has 4 atom stereocenters. The third kappa shape index (κ3) is 7.01. The molecule has 0 bridgehead atoms. The van der Waals surface area contributed by atoms with Gasteiger partial charge < -0.3 is 38.6 Å². The maximum Gasteiger partial charge on any atom is 0.416 e. The molecule has 1 N–H and O–H groups in total. The Morgan fingerprint density at radius 3 is 2.57 bits per heavy atom. The van der Waals surface area contributed by atoms with Gasteiger partial charge in [0.1, 0.15) is 12.4 Å². The van der Waals surface area contributed by atoms with Gasteiger partial charge in [0.15, 0.2) is 24.0 Å². The molecule has 1 fully saturated rings. The number of phenolic OH excluding ortho intramolecular Hbond substituents is 1. The van der Waals surface area contributed by atoms with Crippen molar-refractivity contribution in [1.29, 1.82) is 0 Å². The molecular weight excluding hydrogens is 738 g/mol. The number of rotatable bonds is 10. The SMILES string of the molecule is C=CCOC(=O)N1c2cc(OCCCC(=O)N3C[C@@H](Cl)c4c3cc(O)c3ccccc43)c(OC)cc2C(=O)N2Cc3ccccc3C[C@H]2C1OC1CCCCO1. The van der Waals surface area contributed by atoms with Crippen molar-refractivity contribution in [1.82, 2.24) is 4.90 Å². The Hall–Kier alpha value is -5.30. The Morgan fingerprint density at radius 2 is 1.80 bits per heavy atom. The van der Waals surface area contributed by atoms with Crippen LogP contribution in [0, 0.1) is 0 Å². The van der Waals surface area contributed by atoms with E-state index in [1.54, 1.807) is 28.0 Å². The van der Waals surface area contributed by atoms with Crippen molar-refractivity contribution in [2.45, 2.75) is 69.0 Å². The topological polar surface area (TPSA) is 127 Å². The summed E-state index contributed by atoms with van der Waals surface area (Å²) in [6, 6.07) is 19.6. The van der Waals surface area contributed by atoms with Crippen LogP contribution >= 0.6 is 11.6 Å². The minimum Gasteiger partial charge on any atom is -0.507 e. The van der Waals surface area contributed by atoms with Gasteiger partial charge in [-0.25, -0.2) is 9.69 Å². The number of anilines is 2. The van der Waals surface area contributed by atoms with Crippen LogP contribution in [0.2, 0.25) is 0 Å². The Morgan fingerprint density at radius 1 is 1.02 bits per heavy atom. The molecule has 0 aliphatic carbocycles. The number of hydrogen-bond acceptors (Lipinski definition) is 9. The van der Waals surface area contributed by atoms with Gasteiger partial charge in [0.25, 0.3) is 5.91 Å². The summed E-state index contributed by atoms with van der Waals surface area (Å²) < 4.78 is 30.4. The molecule has 292 valence electrons. The number of alkyl halides is 1. The standard InChI is InChI=1S/C43H44ClN3O9/c1-3-17-55-43(51)47-32-23-37(53-19-10-15-38(49)45-25-31(44)40-29-14-7-6-13-28(29)35(48)22-33(40)45)36(52-2)21-30(32)41(50)46-24-27-12-5-4-11-26(27)20-34(46)42(47)56-39-16-8-9-18-54-39/h3-7,11-14,21-23,31,34,39,42,48H,1,8-10,15-20,24-25H2,2H3/t31-,34+,39?,42?/m1/s1. The van der Waals surface area contributed by atoms with E-state index in [0.717, 1.165) is 34.9 Å². The maximum atomic E-state index is 14.6. The van der Waals surface area contributed by atoms with Crippen LogP contribution in [0.1, 0.15) is 64.5 Å². The van der Waals surface area contributed by atoms with Crippen LogP contribution in [-0.2, 0) is 32.0 Å². The fourth-order valence-electron chi connectivity index (χ4n) is 8.25. The van der Waals surface area contributed by atoms with Crippen molar-refractivity contribution < 1.29 is 43.2 Å². The quantitative estimate of drug-likeness (QED) is 0.0983. The summed E-state index contributed by atoms with van der Waals surface area (Å²) in [6.07, 6.45) is 2.55. The molecule has 0 radical (unpaired) electrons. The summed E-state index contributed by atoms with van der Waals surface area (Å²) in [5, 5.41) is 11.8. The second kappa shape index (κ2) is 16.0. The van der Waals surface area contributed by atoms with Gasteiger partial charge in [-0.05, 0) is 54.7 Å². The average Bonchev–Trinajstić information content (AvgIpc) is 3.52. The lowest BCUT2D eigenvalue weighted by Crippen LogP contribution is -2.58. The first kappa shape index (κ1) is 37.6. The lowest BCUT2D eigenvalue weighted by atomic mass is 9.92. The second-order valence-corrected chi connectivity index (χ2v) is 14.9. The van der Waals surface area contributed by atoms with Crippen molar-refractivity contribution in [2.24, 2.45) is 0 Å². The lowest BCUT2D eigenvalue weighted by Gasteiger charge is -2.43. The maximum absolute atomic E-state index is 14.6. The highest BCUT2D eigenvalue weighted by Crippen LogP contribution is 2.47. The van der Waals surface area contributed by atoms with Crippen LogP contribution in [0.15, 0.2) is 79.4 Å². The molecule has 56 heavy (non-hydrogen) atoms. The van der Waals surface area contributed by atoms with Crippen molar-refractivity contribution in [2.75, 3.05) is 43.3 Å². The fourth-order valence-corrected chi connectivity index (χ4v) is 8.62. The number of halogens is 1. The number of ether oxygens (including phenoxy) is 5. The van der Waals surface area contributed by atoms with E-state index in [1.807, 2.05) is 48.5 Å². The number of carbonyl (C=O) groups is 3. The summed E-state index contributed by atoms with van der Waals surface area (Å²) in [5.41, 5.74) is 3.96. The van der Waals surface area contributed by atoms with E-state index >= 15 is 0 Å². The Balaban J connectivity index is 1.08. The van der Waals surface area contributed by atoms with Gasteiger partial charge in [-0.1, -0.05) is 61.2 Å². The van der Waals surface area contributed by atoms with E-state index in [4.69, 9.17) is 35.3 Å². The minimum atomic E-state index is -0.974. The average molecular weight is 782 g/mol. The fraction of sp³-hybridized carbons (Fsp3) is 0.372. The predicted molar refractivity (Wildman–Crippen MR) is 211 cm³/mol. The van der Waals surface area contributed by atoms with Gasteiger partial charge >= 0.3 is 6.09 Å². The molecule has 3 amide bonds. The number of carbonyl (C=O) groups excluding carboxylic acids is 3. The number of fused-ring (bicyclic) bond motifs is 6. The number of aromatic hydroxyl groups is 1. The lowest BCUT2D eigenvalue weighted by molar-refractivity contribution is -0.197. The Kier molecular flexibility index (Phi) is 10.8. The van der Waals surface area contributed by atoms with E-state index < -0.39 is 30.0 Å². The van der Waals surface area contributed by atoms with Crippen LogP contribution in [0.3, 0.4) is 0 Å². The van der Waals surface area contributed by atoms with Gasteiger partial charge in [0.2, 0.25) is 5.91 Å². The molecule has 1 saturated heterocycles. The van der Waals surface area contributed by atoms with Crippen molar-refractivity contribution in [3.05, 3.63) is 102 Å². The number of amides is 3. The molecule has 0 spiro atoms. The summed E-state index contributed by atoms with van der Waals surface area (Å²) in [4.78, 5) is 47.1. The zero-order valence-corrected chi connectivity index (χ0v) is 31.9. The first-order valence-electron chi connectivity index (χ1n) is 19.0. The second-order valence-electron chi connectivity index (χ2n) is 14.3. The normalized spacial score (nSPS) is 21.4. The first-order valence-corrected chi connectivity index (χ1v) is 19.5. The van der Waals surface area contributed by atoms with Gasteiger partial charge in [0, 0.05) is 49.2 Å². The highest BCUT2D eigenvalue weighted by molar-refractivity contribution is 6.25. The third-order valence-electron chi connectivity index (χ3n) is 10.9. The van der Waals surface area contributed by atoms with E-state index in [0.29, 0.717) is 43.5 Å². The monoisotopic (exact) mass is 781 g/mol. The molecule has 4 aliphatic rings. The van der Waals surface area contributed by atoms with E-state index in [1.165, 1.54) is 18.1 Å². The third-order valence-corrected chi connectivity index (χ3v) is 11.3.